The number of carboxylic acids is 1. The summed E-state index contributed by atoms with van der Waals surface area (Å²) in [6.07, 6.45) is 5.05. The van der Waals surface area contributed by atoms with Gasteiger partial charge in [0.15, 0.2) is 0 Å². The highest BCUT2D eigenvalue weighted by Crippen LogP contribution is 2.19. The average Bonchev–Trinajstić information content (AvgIpc) is 2.65. The predicted molar refractivity (Wildman–Crippen MR) is 112 cm³/mol. The van der Waals surface area contributed by atoms with E-state index in [4.69, 9.17) is 14.6 Å². The molecule has 2 atom stereocenters. The Balaban J connectivity index is 3.98. The zero-order valence-electron chi connectivity index (χ0n) is 18.5. The summed E-state index contributed by atoms with van der Waals surface area (Å²) in [5, 5.41) is 14.4. The molecular formula is C21H40N2O6. The molecule has 8 heteroatoms. The van der Waals surface area contributed by atoms with Crippen molar-refractivity contribution >= 4 is 18.3 Å². The van der Waals surface area contributed by atoms with Crippen LogP contribution >= 0.6 is 0 Å². The molecule has 0 saturated heterocycles. The van der Waals surface area contributed by atoms with Crippen LogP contribution in [0.25, 0.3) is 0 Å². The molecule has 0 heterocycles. The third-order valence-electron chi connectivity index (χ3n) is 4.95. The molecule has 0 aliphatic heterocycles. The molecule has 29 heavy (non-hydrogen) atoms. The van der Waals surface area contributed by atoms with Crippen molar-refractivity contribution in [3.63, 3.8) is 0 Å². The standard InChI is InChI=1S/C21H40N2O6/c1-5-21(4,11-7-6-8-18(20(26)27)22-16-24)23-19(25)10-13-29-15-14-28-12-9-17(2)3/h16-18H,5-15H2,1-4H3,(H,22,24)(H,23,25)(H,26,27)/t18-,21?/m0/s1. The normalized spacial score (nSPS) is 14.2. The Morgan fingerprint density at radius 1 is 1.07 bits per heavy atom. The molecule has 1 unspecified atom stereocenters. The van der Waals surface area contributed by atoms with Gasteiger partial charge in [0.05, 0.1) is 19.8 Å². The molecule has 8 nitrogen and oxygen atoms in total. The lowest BCUT2D eigenvalue weighted by Crippen LogP contribution is -2.45. The Hall–Kier alpha value is -1.67. The summed E-state index contributed by atoms with van der Waals surface area (Å²) in [6.45, 7) is 10.4. The zero-order chi connectivity index (χ0) is 22.1. The van der Waals surface area contributed by atoms with Gasteiger partial charge < -0.3 is 25.2 Å². The predicted octanol–water partition coefficient (Wildman–Crippen LogP) is 2.50. The minimum atomic E-state index is -1.03. The molecule has 3 N–H and O–H groups in total. The van der Waals surface area contributed by atoms with Crippen molar-refractivity contribution in [2.75, 3.05) is 26.4 Å². The maximum Gasteiger partial charge on any atom is 0.326 e. The zero-order valence-corrected chi connectivity index (χ0v) is 18.5. The fourth-order valence-corrected chi connectivity index (χ4v) is 2.76. The molecule has 0 aliphatic carbocycles. The Bertz CT molecular complexity index is 472. The molecule has 0 rings (SSSR count). The van der Waals surface area contributed by atoms with E-state index in [1.165, 1.54) is 0 Å². The van der Waals surface area contributed by atoms with E-state index >= 15 is 0 Å². The van der Waals surface area contributed by atoms with E-state index in [0.717, 1.165) is 32.3 Å². The highest BCUT2D eigenvalue weighted by atomic mass is 16.5. The van der Waals surface area contributed by atoms with Crippen LogP contribution in [0.1, 0.15) is 72.6 Å². The lowest BCUT2D eigenvalue weighted by molar-refractivity contribution is -0.140. The highest BCUT2D eigenvalue weighted by molar-refractivity contribution is 5.77. The van der Waals surface area contributed by atoms with Crippen molar-refractivity contribution in [1.82, 2.24) is 10.6 Å². The van der Waals surface area contributed by atoms with Crippen molar-refractivity contribution in [1.29, 1.82) is 0 Å². The molecule has 0 saturated carbocycles. The van der Waals surface area contributed by atoms with Crippen molar-refractivity contribution in [3.8, 4) is 0 Å². The fourth-order valence-electron chi connectivity index (χ4n) is 2.76. The minimum Gasteiger partial charge on any atom is -0.480 e. The number of nitrogens with one attached hydrogen (secondary N) is 2. The summed E-state index contributed by atoms with van der Waals surface area (Å²) >= 11 is 0. The van der Waals surface area contributed by atoms with E-state index in [9.17, 15) is 14.4 Å². The molecular weight excluding hydrogens is 376 g/mol. The summed E-state index contributed by atoms with van der Waals surface area (Å²) in [5.74, 6) is -0.464. The number of carbonyl (C=O) groups excluding carboxylic acids is 2. The van der Waals surface area contributed by atoms with Crippen LogP contribution in [0.15, 0.2) is 0 Å². The second-order valence-electron chi connectivity index (χ2n) is 8.04. The van der Waals surface area contributed by atoms with E-state index in [1.807, 2.05) is 13.8 Å². The van der Waals surface area contributed by atoms with Crippen LogP contribution in [0.3, 0.4) is 0 Å². The molecule has 0 aromatic carbocycles. The molecule has 170 valence electrons. The first kappa shape index (κ1) is 27.3. The second-order valence-corrected chi connectivity index (χ2v) is 8.04. The Morgan fingerprint density at radius 2 is 1.72 bits per heavy atom. The van der Waals surface area contributed by atoms with Gasteiger partial charge in [0, 0.05) is 18.6 Å². The monoisotopic (exact) mass is 416 g/mol. The summed E-state index contributed by atoms with van der Waals surface area (Å²) in [6, 6.07) is -0.860. The van der Waals surface area contributed by atoms with E-state index in [1.54, 1.807) is 0 Å². The SMILES string of the molecule is CCC(C)(CCCC[C@H](NC=O)C(=O)O)NC(=O)CCOCCOCCC(C)C. The van der Waals surface area contributed by atoms with Gasteiger partial charge in [-0.05, 0) is 38.5 Å². The van der Waals surface area contributed by atoms with Crippen LogP contribution in [-0.2, 0) is 23.9 Å². The quantitative estimate of drug-likeness (QED) is 0.220. The van der Waals surface area contributed by atoms with Crippen LogP contribution in [0.4, 0.5) is 0 Å². The number of ether oxygens (including phenoxy) is 2. The van der Waals surface area contributed by atoms with Gasteiger partial charge in [-0.3, -0.25) is 9.59 Å². The number of hydrogen-bond donors (Lipinski definition) is 3. The number of hydrogen-bond acceptors (Lipinski definition) is 5. The second kappa shape index (κ2) is 16.2. The van der Waals surface area contributed by atoms with Crippen molar-refractivity contribution < 1.29 is 29.0 Å². The van der Waals surface area contributed by atoms with E-state index < -0.39 is 12.0 Å². The number of aliphatic carboxylic acids is 1. The van der Waals surface area contributed by atoms with Crippen molar-refractivity contribution in [3.05, 3.63) is 0 Å². The molecule has 0 bridgehead atoms. The molecule has 2 amide bonds. The van der Waals surface area contributed by atoms with Crippen LogP contribution in [0, 0.1) is 5.92 Å². The number of carboxylic acid groups (broad SMARTS) is 1. The van der Waals surface area contributed by atoms with Crippen molar-refractivity contribution in [2.45, 2.75) is 84.2 Å². The summed E-state index contributed by atoms with van der Waals surface area (Å²) in [7, 11) is 0. The van der Waals surface area contributed by atoms with E-state index in [0.29, 0.717) is 51.4 Å². The van der Waals surface area contributed by atoms with Crippen LogP contribution in [-0.4, -0.2) is 61.4 Å². The maximum atomic E-state index is 12.2. The first-order chi connectivity index (χ1) is 13.7. The van der Waals surface area contributed by atoms with Crippen LogP contribution < -0.4 is 10.6 Å². The molecule has 0 aromatic heterocycles. The number of rotatable bonds is 19. The highest BCUT2D eigenvalue weighted by Gasteiger charge is 2.24. The Morgan fingerprint density at radius 3 is 2.28 bits per heavy atom. The number of amides is 2. The minimum absolute atomic E-state index is 0.0545. The Labute approximate surface area is 175 Å². The van der Waals surface area contributed by atoms with E-state index in [-0.39, 0.29) is 11.4 Å². The van der Waals surface area contributed by atoms with Gasteiger partial charge in [-0.2, -0.15) is 0 Å². The van der Waals surface area contributed by atoms with Crippen LogP contribution in [0.5, 0.6) is 0 Å². The maximum absolute atomic E-state index is 12.2. The summed E-state index contributed by atoms with van der Waals surface area (Å²) in [4.78, 5) is 33.6. The third-order valence-corrected chi connectivity index (χ3v) is 4.95. The number of unbranched alkanes of at least 4 members (excludes halogenated alkanes) is 1. The summed E-state index contributed by atoms with van der Waals surface area (Å²) in [5.41, 5.74) is -0.339. The summed E-state index contributed by atoms with van der Waals surface area (Å²) < 4.78 is 10.9. The van der Waals surface area contributed by atoms with Gasteiger partial charge in [0.25, 0.3) is 0 Å². The Kier molecular flexibility index (Phi) is 15.2. The molecule has 0 spiro atoms. The number of carbonyl (C=O) groups is 3. The lowest BCUT2D eigenvalue weighted by Gasteiger charge is -2.30. The molecule has 0 aliphatic rings. The molecule has 0 fully saturated rings. The van der Waals surface area contributed by atoms with Gasteiger partial charge in [-0.1, -0.05) is 33.6 Å². The first-order valence-electron chi connectivity index (χ1n) is 10.6. The van der Waals surface area contributed by atoms with Gasteiger partial charge in [0.1, 0.15) is 6.04 Å². The van der Waals surface area contributed by atoms with Crippen LogP contribution in [0.2, 0.25) is 0 Å². The van der Waals surface area contributed by atoms with Gasteiger partial charge in [-0.25, -0.2) is 4.79 Å². The smallest absolute Gasteiger partial charge is 0.326 e. The molecule has 0 aromatic rings. The topological polar surface area (TPSA) is 114 Å². The fraction of sp³-hybridized carbons (Fsp3) is 0.857. The van der Waals surface area contributed by atoms with Gasteiger partial charge in [-0.15, -0.1) is 0 Å². The lowest BCUT2D eigenvalue weighted by atomic mass is 9.90. The van der Waals surface area contributed by atoms with Gasteiger partial charge >= 0.3 is 5.97 Å². The largest absolute Gasteiger partial charge is 0.480 e. The van der Waals surface area contributed by atoms with Crippen molar-refractivity contribution in [2.24, 2.45) is 5.92 Å². The third kappa shape index (κ3) is 14.9. The first-order valence-corrected chi connectivity index (χ1v) is 10.6. The molecule has 0 radical (unpaired) electrons. The van der Waals surface area contributed by atoms with Gasteiger partial charge in [0.2, 0.25) is 12.3 Å². The van der Waals surface area contributed by atoms with E-state index in [2.05, 4.69) is 24.5 Å². The average molecular weight is 417 g/mol.